The number of allylic oxidation sites excluding steroid dienone is 1. The van der Waals surface area contributed by atoms with Crippen LogP contribution in [0.4, 0.5) is 0 Å². The van der Waals surface area contributed by atoms with Gasteiger partial charge in [-0.05, 0) is 25.7 Å². The van der Waals surface area contributed by atoms with E-state index in [1.54, 1.807) is 0 Å². The van der Waals surface area contributed by atoms with E-state index in [1.807, 2.05) is 6.08 Å². The van der Waals surface area contributed by atoms with E-state index in [0.717, 1.165) is 32.5 Å². The van der Waals surface area contributed by atoms with Gasteiger partial charge in [-0.15, -0.1) is 6.58 Å². The molecule has 0 amide bonds. The Labute approximate surface area is 93.7 Å². The van der Waals surface area contributed by atoms with Crippen molar-refractivity contribution >= 4 is 0 Å². The molecule has 2 nitrogen and oxygen atoms in total. The highest BCUT2D eigenvalue weighted by Crippen LogP contribution is 2.29. The van der Waals surface area contributed by atoms with E-state index in [2.05, 4.69) is 13.5 Å². The first-order valence-electron chi connectivity index (χ1n) is 6.22. The molecule has 1 aliphatic rings. The molecule has 0 aromatic carbocycles. The number of rotatable bonds is 8. The monoisotopic (exact) mass is 212 g/mol. The molecule has 2 heteroatoms. The van der Waals surface area contributed by atoms with Gasteiger partial charge in [0, 0.05) is 6.42 Å². The summed E-state index contributed by atoms with van der Waals surface area (Å²) in [6.07, 6.45) is 10.2. The fourth-order valence-electron chi connectivity index (χ4n) is 2.06. The summed E-state index contributed by atoms with van der Waals surface area (Å²) < 4.78 is 11.4. The molecule has 0 saturated carbocycles. The van der Waals surface area contributed by atoms with Crippen LogP contribution in [-0.4, -0.2) is 19.0 Å². The second kappa shape index (κ2) is 7.02. The smallest absolute Gasteiger partial charge is 0.168 e. The van der Waals surface area contributed by atoms with Gasteiger partial charge in [-0.1, -0.05) is 25.8 Å². The van der Waals surface area contributed by atoms with Gasteiger partial charge in [-0.3, -0.25) is 0 Å². The van der Waals surface area contributed by atoms with Crippen molar-refractivity contribution in [1.82, 2.24) is 0 Å². The van der Waals surface area contributed by atoms with Crippen LogP contribution in [0.5, 0.6) is 0 Å². The van der Waals surface area contributed by atoms with Gasteiger partial charge in [0.15, 0.2) is 5.79 Å². The number of hydrogen-bond donors (Lipinski definition) is 0. The molecule has 0 aliphatic carbocycles. The molecule has 1 heterocycles. The lowest BCUT2D eigenvalue weighted by atomic mass is 10.0. The molecule has 15 heavy (non-hydrogen) atoms. The molecule has 0 spiro atoms. The van der Waals surface area contributed by atoms with Gasteiger partial charge in [0.25, 0.3) is 0 Å². The van der Waals surface area contributed by atoms with Gasteiger partial charge >= 0.3 is 0 Å². The standard InChI is InChI=1S/C13H24O2/c1-3-5-6-7-8-9-10-13(4-2)14-11-12-15-13/h3H,1,4-12H2,2H3. The van der Waals surface area contributed by atoms with Crippen molar-refractivity contribution in [3.63, 3.8) is 0 Å². The Bertz CT molecular complexity index is 171. The van der Waals surface area contributed by atoms with Crippen LogP contribution in [0.3, 0.4) is 0 Å². The average molecular weight is 212 g/mol. The van der Waals surface area contributed by atoms with Crippen LogP contribution >= 0.6 is 0 Å². The quantitative estimate of drug-likeness (QED) is 0.451. The first-order valence-corrected chi connectivity index (χ1v) is 6.22. The topological polar surface area (TPSA) is 18.5 Å². The minimum absolute atomic E-state index is 0.238. The SMILES string of the molecule is C=CCCCCCCC1(CC)OCCO1. The van der Waals surface area contributed by atoms with Gasteiger partial charge in [0.2, 0.25) is 0 Å². The third-order valence-corrected chi connectivity index (χ3v) is 3.07. The maximum Gasteiger partial charge on any atom is 0.168 e. The van der Waals surface area contributed by atoms with Crippen LogP contribution in [-0.2, 0) is 9.47 Å². The lowest BCUT2D eigenvalue weighted by Gasteiger charge is -2.25. The van der Waals surface area contributed by atoms with E-state index in [4.69, 9.17) is 9.47 Å². The highest BCUT2D eigenvalue weighted by molar-refractivity contribution is 4.72. The van der Waals surface area contributed by atoms with Gasteiger partial charge in [-0.2, -0.15) is 0 Å². The first kappa shape index (κ1) is 12.7. The highest BCUT2D eigenvalue weighted by atomic mass is 16.7. The van der Waals surface area contributed by atoms with Crippen LogP contribution in [0.1, 0.15) is 51.9 Å². The zero-order valence-electron chi connectivity index (χ0n) is 9.96. The molecule has 88 valence electrons. The minimum Gasteiger partial charge on any atom is -0.348 e. The summed E-state index contributed by atoms with van der Waals surface area (Å²) in [5.74, 6) is -0.238. The van der Waals surface area contributed by atoms with Crippen LogP contribution in [0.2, 0.25) is 0 Å². The fraction of sp³-hybridized carbons (Fsp3) is 0.846. The third kappa shape index (κ3) is 4.35. The van der Waals surface area contributed by atoms with Gasteiger partial charge < -0.3 is 9.47 Å². The Kier molecular flexibility index (Phi) is 5.96. The molecule has 0 bridgehead atoms. The Morgan fingerprint density at radius 2 is 1.80 bits per heavy atom. The second-order valence-electron chi connectivity index (χ2n) is 4.20. The molecule has 0 N–H and O–H groups in total. The molecular formula is C13H24O2. The summed E-state index contributed by atoms with van der Waals surface area (Å²) in [4.78, 5) is 0. The fourth-order valence-corrected chi connectivity index (χ4v) is 2.06. The molecule has 0 radical (unpaired) electrons. The van der Waals surface area contributed by atoms with Gasteiger partial charge in [0.05, 0.1) is 13.2 Å². The number of hydrogen-bond acceptors (Lipinski definition) is 2. The molecule has 1 rings (SSSR count). The molecule has 0 aromatic rings. The Balaban J connectivity index is 2.04. The summed E-state index contributed by atoms with van der Waals surface area (Å²) in [6.45, 7) is 7.40. The lowest BCUT2D eigenvalue weighted by Crippen LogP contribution is -2.28. The van der Waals surface area contributed by atoms with Gasteiger partial charge in [0.1, 0.15) is 0 Å². The first-order chi connectivity index (χ1) is 7.33. The molecule has 0 unspecified atom stereocenters. The van der Waals surface area contributed by atoms with E-state index in [9.17, 15) is 0 Å². The summed E-state index contributed by atoms with van der Waals surface area (Å²) in [5.41, 5.74) is 0. The summed E-state index contributed by atoms with van der Waals surface area (Å²) >= 11 is 0. The second-order valence-corrected chi connectivity index (χ2v) is 4.20. The maximum absolute atomic E-state index is 5.68. The van der Waals surface area contributed by atoms with Crippen LogP contribution < -0.4 is 0 Å². The lowest BCUT2D eigenvalue weighted by molar-refractivity contribution is -0.164. The Morgan fingerprint density at radius 1 is 1.13 bits per heavy atom. The number of ether oxygens (including phenoxy) is 2. The maximum atomic E-state index is 5.68. The van der Waals surface area contributed by atoms with Crippen molar-refractivity contribution in [1.29, 1.82) is 0 Å². The van der Waals surface area contributed by atoms with E-state index in [0.29, 0.717) is 0 Å². The average Bonchev–Trinajstić information content (AvgIpc) is 2.73. The van der Waals surface area contributed by atoms with Crippen molar-refractivity contribution in [3.05, 3.63) is 12.7 Å². The van der Waals surface area contributed by atoms with Gasteiger partial charge in [-0.25, -0.2) is 0 Å². The van der Waals surface area contributed by atoms with E-state index in [-0.39, 0.29) is 5.79 Å². The highest BCUT2D eigenvalue weighted by Gasteiger charge is 2.33. The van der Waals surface area contributed by atoms with E-state index >= 15 is 0 Å². The Morgan fingerprint density at radius 3 is 2.40 bits per heavy atom. The number of unbranched alkanes of at least 4 members (excludes halogenated alkanes) is 4. The third-order valence-electron chi connectivity index (χ3n) is 3.07. The van der Waals surface area contributed by atoms with Crippen molar-refractivity contribution in [2.45, 2.75) is 57.7 Å². The van der Waals surface area contributed by atoms with E-state index in [1.165, 1.54) is 25.7 Å². The predicted octanol–water partition coefficient (Wildman–Crippen LogP) is 3.67. The van der Waals surface area contributed by atoms with Crippen molar-refractivity contribution < 1.29 is 9.47 Å². The minimum atomic E-state index is -0.238. The van der Waals surface area contributed by atoms with Crippen LogP contribution in [0.25, 0.3) is 0 Å². The molecule has 1 aliphatic heterocycles. The summed E-state index contributed by atoms with van der Waals surface area (Å²) in [5, 5.41) is 0. The molecular weight excluding hydrogens is 188 g/mol. The van der Waals surface area contributed by atoms with Crippen LogP contribution in [0, 0.1) is 0 Å². The molecule has 0 aromatic heterocycles. The van der Waals surface area contributed by atoms with Crippen molar-refractivity contribution in [2.24, 2.45) is 0 Å². The van der Waals surface area contributed by atoms with Crippen molar-refractivity contribution in [3.8, 4) is 0 Å². The zero-order valence-corrected chi connectivity index (χ0v) is 9.96. The zero-order chi connectivity index (χ0) is 11.0. The Hall–Kier alpha value is -0.340. The summed E-state index contributed by atoms with van der Waals surface area (Å²) in [6, 6.07) is 0. The normalized spacial score (nSPS) is 19.3. The molecule has 1 fully saturated rings. The molecule has 0 atom stereocenters. The van der Waals surface area contributed by atoms with E-state index < -0.39 is 0 Å². The molecule has 1 saturated heterocycles. The predicted molar refractivity (Wildman–Crippen MR) is 62.8 cm³/mol. The largest absolute Gasteiger partial charge is 0.348 e. The summed E-state index contributed by atoms with van der Waals surface area (Å²) in [7, 11) is 0. The van der Waals surface area contributed by atoms with Crippen LogP contribution in [0.15, 0.2) is 12.7 Å². The van der Waals surface area contributed by atoms with Crippen molar-refractivity contribution in [2.75, 3.05) is 13.2 Å².